The van der Waals surface area contributed by atoms with Crippen LogP contribution < -0.4 is 11.1 Å². The van der Waals surface area contributed by atoms with Crippen molar-refractivity contribution >= 4 is 28.6 Å². The fourth-order valence-corrected chi connectivity index (χ4v) is 3.47. The van der Waals surface area contributed by atoms with E-state index in [0.717, 1.165) is 27.8 Å². The highest BCUT2D eigenvalue weighted by Crippen LogP contribution is 2.38. The second-order valence-electron chi connectivity index (χ2n) is 6.52. The summed E-state index contributed by atoms with van der Waals surface area (Å²) < 4.78 is 5.24. The Labute approximate surface area is 156 Å². The highest BCUT2D eigenvalue weighted by atomic mass is 16.3. The van der Waals surface area contributed by atoms with E-state index in [0.29, 0.717) is 17.7 Å². The Morgan fingerprint density at radius 1 is 1.07 bits per heavy atom. The fraction of sp³-hybridized carbons (Fsp3) is 0.0909. The van der Waals surface area contributed by atoms with Gasteiger partial charge in [-0.2, -0.15) is 0 Å². The molecule has 3 aromatic rings. The summed E-state index contributed by atoms with van der Waals surface area (Å²) in [5.41, 5.74) is 11.3. The van der Waals surface area contributed by atoms with E-state index in [1.165, 1.54) is 6.26 Å². The minimum absolute atomic E-state index is 0.283. The molecule has 1 aliphatic carbocycles. The summed E-state index contributed by atoms with van der Waals surface area (Å²) in [5.74, 6) is -0.477. The number of nitrogens with two attached hydrogens (primary N) is 1. The van der Waals surface area contributed by atoms with Gasteiger partial charge < -0.3 is 15.5 Å². The van der Waals surface area contributed by atoms with E-state index in [1.807, 2.05) is 49.4 Å². The van der Waals surface area contributed by atoms with Crippen molar-refractivity contribution in [2.75, 3.05) is 5.32 Å². The first-order valence-electron chi connectivity index (χ1n) is 8.61. The zero-order valence-corrected chi connectivity index (χ0v) is 14.8. The minimum atomic E-state index is -0.449. The van der Waals surface area contributed by atoms with Gasteiger partial charge in [-0.25, -0.2) is 0 Å². The Morgan fingerprint density at radius 3 is 2.63 bits per heavy atom. The lowest BCUT2D eigenvalue weighted by Gasteiger charge is -2.09. The minimum Gasteiger partial charge on any atom is -0.459 e. The average molecular weight is 358 g/mol. The number of carbonyl (C=O) groups excluding carboxylic acids is 2. The second kappa shape index (κ2) is 6.61. The van der Waals surface area contributed by atoms with Crippen LogP contribution >= 0.6 is 0 Å². The van der Waals surface area contributed by atoms with Crippen LogP contribution in [0.2, 0.25) is 0 Å². The summed E-state index contributed by atoms with van der Waals surface area (Å²) in [6, 6.07) is 16.9. The number of amides is 2. The van der Waals surface area contributed by atoms with Crippen LogP contribution in [0.25, 0.3) is 11.1 Å². The monoisotopic (exact) mass is 358 g/mol. The lowest BCUT2D eigenvalue weighted by Crippen LogP contribution is -2.13. The molecule has 0 aliphatic heterocycles. The summed E-state index contributed by atoms with van der Waals surface area (Å²) >= 11 is 0. The summed E-state index contributed by atoms with van der Waals surface area (Å²) in [6.07, 6.45) is 2.11. The first-order chi connectivity index (χ1) is 13.0. The largest absolute Gasteiger partial charge is 0.459 e. The van der Waals surface area contributed by atoms with Gasteiger partial charge in [-0.05, 0) is 53.8 Å². The van der Waals surface area contributed by atoms with Gasteiger partial charge in [0.15, 0.2) is 5.76 Å². The van der Waals surface area contributed by atoms with E-state index in [2.05, 4.69) is 5.32 Å². The van der Waals surface area contributed by atoms with Crippen LogP contribution in [0.15, 0.2) is 65.3 Å². The van der Waals surface area contributed by atoms with Gasteiger partial charge in [0.25, 0.3) is 5.91 Å². The quantitative estimate of drug-likeness (QED) is 0.744. The van der Waals surface area contributed by atoms with Crippen LogP contribution in [0.1, 0.15) is 32.8 Å². The summed E-state index contributed by atoms with van der Waals surface area (Å²) in [7, 11) is 0. The van der Waals surface area contributed by atoms with Crippen LogP contribution in [-0.4, -0.2) is 11.8 Å². The van der Waals surface area contributed by atoms with E-state index < -0.39 is 5.91 Å². The Morgan fingerprint density at radius 2 is 1.89 bits per heavy atom. The lowest BCUT2D eigenvalue weighted by atomic mass is 9.99. The number of nitrogens with one attached hydrogen (secondary N) is 1. The highest BCUT2D eigenvalue weighted by Gasteiger charge is 2.26. The third-order valence-corrected chi connectivity index (χ3v) is 4.74. The number of hydrogen-bond acceptors (Lipinski definition) is 3. The number of furan rings is 1. The molecule has 0 radical (unpaired) electrons. The number of carbonyl (C=O) groups is 2. The number of hydrogen-bond donors (Lipinski definition) is 2. The van der Waals surface area contributed by atoms with Crippen molar-refractivity contribution in [1.82, 2.24) is 0 Å². The fourth-order valence-electron chi connectivity index (χ4n) is 3.47. The molecule has 27 heavy (non-hydrogen) atoms. The molecule has 0 unspecified atom stereocenters. The first-order valence-corrected chi connectivity index (χ1v) is 8.61. The zero-order valence-electron chi connectivity index (χ0n) is 14.8. The van der Waals surface area contributed by atoms with Crippen LogP contribution in [-0.2, 0) is 11.2 Å². The Kier molecular flexibility index (Phi) is 4.12. The maximum atomic E-state index is 12.4. The number of allylic oxidation sites excluding steroid dienone is 1. The van der Waals surface area contributed by atoms with E-state index in [9.17, 15) is 9.59 Å². The molecule has 5 heteroatoms. The number of primary amides is 1. The van der Waals surface area contributed by atoms with Crippen molar-refractivity contribution in [1.29, 1.82) is 0 Å². The molecular formula is C22H18N2O3. The summed E-state index contributed by atoms with van der Waals surface area (Å²) in [4.78, 5) is 24.5. The number of anilines is 1. The zero-order chi connectivity index (χ0) is 19.0. The van der Waals surface area contributed by atoms with E-state index >= 15 is 0 Å². The van der Waals surface area contributed by atoms with Crippen LogP contribution in [0.4, 0.5) is 5.69 Å². The molecule has 0 saturated heterocycles. The Hall–Kier alpha value is -3.60. The normalized spacial score (nSPS) is 12.8. The molecule has 3 N–H and O–H groups in total. The smallest absolute Gasteiger partial charge is 0.291 e. The third kappa shape index (κ3) is 3.04. The van der Waals surface area contributed by atoms with Gasteiger partial charge >= 0.3 is 0 Å². The molecule has 2 aromatic carbocycles. The second-order valence-corrected chi connectivity index (χ2v) is 6.52. The van der Waals surface area contributed by atoms with Gasteiger partial charge in [-0.1, -0.05) is 36.4 Å². The molecule has 134 valence electrons. The van der Waals surface area contributed by atoms with E-state index in [-0.39, 0.29) is 11.7 Å². The van der Waals surface area contributed by atoms with Gasteiger partial charge in [0, 0.05) is 11.3 Å². The van der Waals surface area contributed by atoms with Crippen molar-refractivity contribution in [3.05, 3.63) is 88.9 Å². The number of benzene rings is 2. The number of aryl methyl sites for hydroxylation is 1. The van der Waals surface area contributed by atoms with Gasteiger partial charge in [0.05, 0.1) is 11.8 Å². The molecule has 1 heterocycles. The molecule has 0 saturated carbocycles. The topological polar surface area (TPSA) is 85.3 Å². The molecule has 0 bridgehead atoms. The molecular weight excluding hydrogens is 340 g/mol. The molecule has 1 aliphatic rings. The third-order valence-electron chi connectivity index (χ3n) is 4.74. The maximum absolute atomic E-state index is 12.4. The summed E-state index contributed by atoms with van der Waals surface area (Å²) in [5, 5.41) is 2.84. The Balaban J connectivity index is 1.69. The van der Waals surface area contributed by atoms with Crippen molar-refractivity contribution in [2.24, 2.45) is 5.73 Å². The van der Waals surface area contributed by atoms with Crippen molar-refractivity contribution in [3.8, 4) is 0 Å². The average Bonchev–Trinajstić information content (AvgIpc) is 3.25. The van der Waals surface area contributed by atoms with Gasteiger partial charge in [0.2, 0.25) is 5.91 Å². The maximum Gasteiger partial charge on any atom is 0.291 e. The molecule has 0 atom stereocenters. The van der Waals surface area contributed by atoms with E-state index in [4.69, 9.17) is 10.2 Å². The SMILES string of the molecule is Cc1ccoc1C(=O)Nc1cccc(C2=C(C(N)=O)c3ccccc3C2)c1. The number of fused-ring (bicyclic) bond motifs is 1. The standard InChI is InChI=1S/C22H18N2O3/c1-13-9-10-27-20(13)22(26)24-16-7-4-6-14(11-16)18-12-15-5-2-3-8-17(15)19(18)21(23)25/h2-11H,12H2,1H3,(H2,23,25)(H,24,26). The predicted molar refractivity (Wildman–Crippen MR) is 104 cm³/mol. The molecule has 0 spiro atoms. The Bertz CT molecular complexity index is 1090. The van der Waals surface area contributed by atoms with Crippen LogP contribution in [0.3, 0.4) is 0 Å². The number of rotatable bonds is 4. The highest BCUT2D eigenvalue weighted by molar-refractivity contribution is 6.28. The van der Waals surface area contributed by atoms with E-state index in [1.54, 1.807) is 12.1 Å². The predicted octanol–water partition coefficient (Wildman–Crippen LogP) is 3.79. The van der Waals surface area contributed by atoms with Crippen molar-refractivity contribution in [2.45, 2.75) is 13.3 Å². The molecule has 1 aromatic heterocycles. The summed E-state index contributed by atoms with van der Waals surface area (Å²) in [6.45, 7) is 1.81. The molecule has 0 fully saturated rings. The van der Waals surface area contributed by atoms with Gasteiger partial charge in [0.1, 0.15) is 0 Å². The lowest BCUT2D eigenvalue weighted by molar-refractivity contribution is -0.112. The van der Waals surface area contributed by atoms with Crippen molar-refractivity contribution < 1.29 is 14.0 Å². The first kappa shape index (κ1) is 16.8. The molecule has 4 rings (SSSR count). The molecule has 2 amide bonds. The van der Waals surface area contributed by atoms with Crippen LogP contribution in [0, 0.1) is 6.92 Å². The van der Waals surface area contributed by atoms with Gasteiger partial charge in [-0.15, -0.1) is 0 Å². The van der Waals surface area contributed by atoms with Crippen molar-refractivity contribution in [3.63, 3.8) is 0 Å². The van der Waals surface area contributed by atoms with Gasteiger partial charge in [-0.3, -0.25) is 9.59 Å². The van der Waals surface area contributed by atoms with Crippen LogP contribution in [0.5, 0.6) is 0 Å². The molecule has 5 nitrogen and oxygen atoms in total.